The Kier molecular flexibility index (Phi) is 7.52. The number of aryl methyl sites for hydroxylation is 2. The summed E-state index contributed by atoms with van der Waals surface area (Å²) < 4.78 is 16.7. The van der Waals surface area contributed by atoms with Crippen molar-refractivity contribution in [3.8, 4) is 17.2 Å². The van der Waals surface area contributed by atoms with E-state index in [4.69, 9.17) is 14.2 Å². The Morgan fingerprint density at radius 3 is 2.33 bits per heavy atom. The first kappa shape index (κ1) is 26.9. The van der Waals surface area contributed by atoms with Gasteiger partial charge in [-0.2, -0.15) is 0 Å². The number of Topliss-reactive ketones (excluding diaryl/α,β-unsaturated/α-hetero) is 1. The Balaban J connectivity index is 1.54. The van der Waals surface area contributed by atoms with Gasteiger partial charge in [-0.15, -0.1) is 10.2 Å². The van der Waals surface area contributed by atoms with Crippen molar-refractivity contribution in [3.63, 3.8) is 0 Å². The molecule has 1 fully saturated rings. The van der Waals surface area contributed by atoms with Crippen molar-refractivity contribution in [2.45, 2.75) is 26.5 Å². The third-order valence-electron chi connectivity index (χ3n) is 6.67. The molecule has 1 aliphatic heterocycles. The van der Waals surface area contributed by atoms with Gasteiger partial charge in [0.05, 0.1) is 25.8 Å². The number of anilines is 1. The Morgan fingerprint density at radius 2 is 1.68 bits per heavy atom. The minimum Gasteiger partial charge on any atom is -0.507 e. The number of aliphatic hydroxyl groups is 1. The summed E-state index contributed by atoms with van der Waals surface area (Å²) in [5.41, 5.74) is 3.02. The van der Waals surface area contributed by atoms with Crippen LogP contribution in [0.1, 0.15) is 33.3 Å². The topological polar surface area (TPSA) is 111 Å². The quantitative estimate of drug-likeness (QED) is 0.175. The van der Waals surface area contributed by atoms with Crippen LogP contribution in [0.2, 0.25) is 0 Å². The number of hydrogen-bond acceptors (Lipinski definition) is 9. The molecule has 3 aromatic carbocycles. The first-order valence-corrected chi connectivity index (χ1v) is 13.2. The molecule has 0 spiro atoms. The minimum absolute atomic E-state index is 0.0707. The van der Waals surface area contributed by atoms with Gasteiger partial charge in [-0.1, -0.05) is 41.7 Å². The molecule has 2 heterocycles. The molecule has 0 unspecified atom stereocenters. The molecule has 1 aliphatic rings. The van der Waals surface area contributed by atoms with Crippen molar-refractivity contribution >= 4 is 33.9 Å². The molecule has 9 nitrogen and oxygen atoms in total. The van der Waals surface area contributed by atoms with E-state index in [0.717, 1.165) is 11.1 Å². The fourth-order valence-corrected chi connectivity index (χ4v) is 5.26. The maximum atomic E-state index is 13.4. The van der Waals surface area contributed by atoms with E-state index in [2.05, 4.69) is 10.2 Å². The van der Waals surface area contributed by atoms with Crippen LogP contribution in [0.25, 0.3) is 5.76 Å². The van der Waals surface area contributed by atoms with Crippen molar-refractivity contribution in [3.05, 3.63) is 99.6 Å². The van der Waals surface area contributed by atoms with E-state index in [-0.39, 0.29) is 16.5 Å². The molecule has 1 amide bonds. The summed E-state index contributed by atoms with van der Waals surface area (Å²) in [5, 5.41) is 20.4. The highest BCUT2D eigenvalue weighted by atomic mass is 32.1. The summed E-state index contributed by atoms with van der Waals surface area (Å²) >= 11 is 1.18. The van der Waals surface area contributed by atoms with Crippen molar-refractivity contribution < 1.29 is 28.9 Å². The van der Waals surface area contributed by atoms with E-state index in [1.165, 1.54) is 30.5 Å². The molecule has 4 aromatic rings. The molecule has 1 N–H and O–H groups in total. The number of methoxy groups -OCH3 is 2. The van der Waals surface area contributed by atoms with Crippen molar-refractivity contribution in [2.24, 2.45) is 0 Å². The number of aromatic nitrogens is 2. The normalized spacial score (nSPS) is 16.3. The van der Waals surface area contributed by atoms with E-state index in [0.29, 0.717) is 40.0 Å². The predicted octanol–water partition coefficient (Wildman–Crippen LogP) is 5.38. The number of rotatable bonds is 8. The first-order valence-electron chi connectivity index (χ1n) is 12.4. The zero-order valence-corrected chi connectivity index (χ0v) is 23.2. The fraction of sp³-hybridized carbons (Fsp3) is 0.200. The van der Waals surface area contributed by atoms with Crippen LogP contribution in [0.4, 0.5) is 5.13 Å². The van der Waals surface area contributed by atoms with Crippen LogP contribution in [0.5, 0.6) is 17.2 Å². The smallest absolute Gasteiger partial charge is 0.301 e. The molecule has 10 heteroatoms. The number of benzene rings is 3. The summed E-state index contributed by atoms with van der Waals surface area (Å²) in [7, 11) is 3.01. The lowest BCUT2D eigenvalue weighted by Crippen LogP contribution is -2.29. The molecule has 0 radical (unpaired) electrons. The number of aliphatic hydroxyl groups excluding tert-OH is 1. The Labute approximate surface area is 235 Å². The fourth-order valence-electron chi connectivity index (χ4n) is 4.55. The largest absolute Gasteiger partial charge is 0.507 e. The maximum Gasteiger partial charge on any atom is 0.301 e. The molecule has 1 aromatic heterocycles. The zero-order chi connectivity index (χ0) is 28.4. The third kappa shape index (κ3) is 5.01. The lowest BCUT2D eigenvalue weighted by atomic mass is 9.95. The standard InChI is InChI=1S/C30H27N3O6S/c1-17-7-5-6-8-21(17)16-39-22-12-9-19(10-13-22)27(34)25-26(20-11-14-23(37-3)24(15-20)38-4)33(29(36)28(25)35)30-32-31-18(2)40-30/h5-15,26,34H,16H2,1-4H3/b27-25+/t26-/m1/s1. The van der Waals surface area contributed by atoms with Gasteiger partial charge in [0.2, 0.25) is 5.13 Å². The van der Waals surface area contributed by atoms with Gasteiger partial charge in [-0.05, 0) is 66.9 Å². The van der Waals surface area contributed by atoms with Crippen LogP contribution in [0, 0.1) is 13.8 Å². The van der Waals surface area contributed by atoms with Crippen LogP contribution in [-0.2, 0) is 16.2 Å². The average Bonchev–Trinajstić information content (AvgIpc) is 3.51. The van der Waals surface area contributed by atoms with Crippen LogP contribution >= 0.6 is 11.3 Å². The van der Waals surface area contributed by atoms with E-state index >= 15 is 0 Å². The molecule has 1 saturated heterocycles. The molecule has 0 bridgehead atoms. The predicted molar refractivity (Wildman–Crippen MR) is 151 cm³/mol. The van der Waals surface area contributed by atoms with Crippen LogP contribution < -0.4 is 19.1 Å². The molecule has 1 atom stereocenters. The van der Waals surface area contributed by atoms with Gasteiger partial charge in [-0.3, -0.25) is 14.5 Å². The second kappa shape index (κ2) is 11.2. The first-order chi connectivity index (χ1) is 19.3. The van der Waals surface area contributed by atoms with Gasteiger partial charge >= 0.3 is 5.91 Å². The number of amides is 1. The van der Waals surface area contributed by atoms with Gasteiger partial charge in [0.25, 0.3) is 5.78 Å². The molecule has 0 saturated carbocycles. The average molecular weight is 558 g/mol. The molecule has 0 aliphatic carbocycles. The number of ether oxygens (including phenoxy) is 3. The highest BCUT2D eigenvalue weighted by Crippen LogP contribution is 2.44. The lowest BCUT2D eigenvalue weighted by molar-refractivity contribution is -0.132. The molecular formula is C30H27N3O6S. The highest BCUT2D eigenvalue weighted by molar-refractivity contribution is 7.15. The van der Waals surface area contributed by atoms with E-state index in [1.54, 1.807) is 49.4 Å². The van der Waals surface area contributed by atoms with Gasteiger partial charge in [0.15, 0.2) is 11.5 Å². The highest BCUT2D eigenvalue weighted by Gasteiger charge is 2.48. The Bertz CT molecular complexity index is 1610. The Hall–Kier alpha value is -4.70. The number of carbonyl (C=O) groups is 2. The van der Waals surface area contributed by atoms with Crippen molar-refractivity contribution in [1.82, 2.24) is 10.2 Å². The molecule has 204 valence electrons. The van der Waals surface area contributed by atoms with Crippen LogP contribution in [0.3, 0.4) is 0 Å². The summed E-state index contributed by atoms with van der Waals surface area (Å²) in [6.45, 7) is 4.17. The third-order valence-corrected chi connectivity index (χ3v) is 7.51. The molecule has 40 heavy (non-hydrogen) atoms. The summed E-state index contributed by atoms with van der Waals surface area (Å²) in [5.74, 6) is -0.459. The maximum absolute atomic E-state index is 13.4. The number of hydrogen-bond donors (Lipinski definition) is 1. The van der Waals surface area contributed by atoms with Gasteiger partial charge in [0, 0.05) is 5.56 Å². The number of carbonyl (C=O) groups excluding carboxylic acids is 2. The molecular weight excluding hydrogens is 530 g/mol. The van der Waals surface area contributed by atoms with Gasteiger partial charge < -0.3 is 19.3 Å². The summed E-state index contributed by atoms with van der Waals surface area (Å²) in [6.07, 6.45) is 0. The number of nitrogens with zero attached hydrogens (tertiary/aromatic N) is 3. The zero-order valence-electron chi connectivity index (χ0n) is 22.4. The molecule has 5 rings (SSSR count). The monoisotopic (exact) mass is 557 g/mol. The van der Waals surface area contributed by atoms with Crippen molar-refractivity contribution in [2.75, 3.05) is 19.1 Å². The van der Waals surface area contributed by atoms with E-state index < -0.39 is 17.7 Å². The Morgan fingerprint density at radius 1 is 0.950 bits per heavy atom. The summed E-state index contributed by atoms with van der Waals surface area (Å²) in [4.78, 5) is 28.0. The SMILES string of the molecule is COc1ccc([C@@H]2/C(=C(\O)c3ccc(OCc4ccccc4C)cc3)C(=O)C(=O)N2c2nnc(C)s2)cc1OC. The van der Waals surface area contributed by atoms with Gasteiger partial charge in [-0.25, -0.2) is 0 Å². The van der Waals surface area contributed by atoms with Crippen LogP contribution in [0.15, 0.2) is 72.3 Å². The van der Waals surface area contributed by atoms with E-state index in [1.807, 2.05) is 31.2 Å². The number of ketones is 1. The van der Waals surface area contributed by atoms with Crippen LogP contribution in [-0.4, -0.2) is 41.2 Å². The second-order valence-corrected chi connectivity index (χ2v) is 10.3. The van der Waals surface area contributed by atoms with Crippen molar-refractivity contribution in [1.29, 1.82) is 0 Å². The second-order valence-electron chi connectivity index (χ2n) is 9.13. The minimum atomic E-state index is -0.968. The lowest BCUT2D eigenvalue weighted by Gasteiger charge is -2.23. The van der Waals surface area contributed by atoms with Gasteiger partial charge in [0.1, 0.15) is 23.1 Å². The van der Waals surface area contributed by atoms with E-state index in [9.17, 15) is 14.7 Å². The summed E-state index contributed by atoms with van der Waals surface area (Å²) in [6, 6.07) is 18.8.